The number of hydrogen-bond donors (Lipinski definition) is 0. The van der Waals surface area contributed by atoms with E-state index in [9.17, 15) is 4.79 Å². The Kier molecular flexibility index (Phi) is 5.08. The molecule has 5 heteroatoms. The van der Waals surface area contributed by atoms with Gasteiger partial charge in [0.2, 0.25) is 0 Å². The van der Waals surface area contributed by atoms with Gasteiger partial charge in [0.15, 0.2) is 0 Å². The maximum Gasteiger partial charge on any atom is 0.253 e. The van der Waals surface area contributed by atoms with Crippen molar-refractivity contribution in [2.75, 3.05) is 19.7 Å². The lowest BCUT2D eigenvalue weighted by Gasteiger charge is -2.31. The van der Waals surface area contributed by atoms with Gasteiger partial charge >= 0.3 is 0 Å². The van der Waals surface area contributed by atoms with Gasteiger partial charge in [-0.3, -0.25) is 4.79 Å². The van der Waals surface area contributed by atoms with Crippen LogP contribution in [-0.2, 0) is 11.3 Å². The van der Waals surface area contributed by atoms with Crippen molar-refractivity contribution in [3.05, 3.63) is 54.1 Å². The van der Waals surface area contributed by atoms with Crippen LogP contribution in [0, 0.1) is 0 Å². The Morgan fingerprint density at radius 1 is 1.35 bits per heavy atom. The monoisotopic (exact) mass is 313 g/mol. The van der Waals surface area contributed by atoms with E-state index >= 15 is 0 Å². The second kappa shape index (κ2) is 7.42. The number of hydrogen-bond acceptors (Lipinski definition) is 3. The average Bonchev–Trinajstić information content (AvgIpc) is 3.08. The van der Waals surface area contributed by atoms with Crippen LogP contribution in [0.4, 0.5) is 0 Å². The molecule has 0 spiro atoms. The van der Waals surface area contributed by atoms with Crippen LogP contribution in [0.15, 0.2) is 43.0 Å². The Hall–Kier alpha value is -2.14. The predicted octanol–water partition coefficient (Wildman–Crippen LogP) is 2.57. The highest BCUT2D eigenvalue weighted by Gasteiger charge is 2.23. The fourth-order valence-electron chi connectivity index (χ4n) is 3.04. The summed E-state index contributed by atoms with van der Waals surface area (Å²) >= 11 is 0. The zero-order chi connectivity index (χ0) is 16.1. The van der Waals surface area contributed by atoms with Crippen LogP contribution < -0.4 is 0 Å². The Balaban J connectivity index is 1.63. The summed E-state index contributed by atoms with van der Waals surface area (Å²) in [6.45, 7) is 5.04. The van der Waals surface area contributed by atoms with E-state index in [1.165, 1.54) is 0 Å². The third-order valence-corrected chi connectivity index (χ3v) is 4.23. The first-order valence-corrected chi connectivity index (χ1v) is 8.22. The molecule has 1 aliphatic heterocycles. The van der Waals surface area contributed by atoms with E-state index in [2.05, 4.69) is 4.98 Å². The highest BCUT2D eigenvalue weighted by molar-refractivity contribution is 5.94. The maximum atomic E-state index is 12.7. The molecule has 1 aliphatic rings. The lowest BCUT2D eigenvalue weighted by molar-refractivity contribution is 0.0146. The van der Waals surface area contributed by atoms with E-state index in [1.807, 2.05) is 46.9 Å². The second-order valence-electron chi connectivity index (χ2n) is 5.88. The number of piperidine rings is 1. The third kappa shape index (κ3) is 3.99. The smallest absolute Gasteiger partial charge is 0.253 e. The first kappa shape index (κ1) is 15.7. The Morgan fingerprint density at radius 3 is 2.87 bits per heavy atom. The van der Waals surface area contributed by atoms with Crippen LogP contribution in [0.1, 0.15) is 35.7 Å². The van der Waals surface area contributed by atoms with Crippen LogP contribution >= 0.6 is 0 Å². The number of carbonyl (C=O) groups is 1. The molecule has 0 atom stereocenters. The quantitative estimate of drug-likeness (QED) is 0.852. The van der Waals surface area contributed by atoms with Crippen molar-refractivity contribution < 1.29 is 9.53 Å². The average molecular weight is 313 g/mol. The van der Waals surface area contributed by atoms with Gasteiger partial charge in [0.25, 0.3) is 5.91 Å². The molecular formula is C18H23N3O2. The van der Waals surface area contributed by atoms with Gasteiger partial charge < -0.3 is 14.2 Å². The zero-order valence-electron chi connectivity index (χ0n) is 13.5. The van der Waals surface area contributed by atoms with E-state index in [1.54, 1.807) is 12.5 Å². The molecule has 2 heterocycles. The summed E-state index contributed by atoms with van der Waals surface area (Å²) in [5.41, 5.74) is 1.87. The molecule has 0 N–H and O–H groups in total. The van der Waals surface area contributed by atoms with E-state index < -0.39 is 0 Å². The molecule has 23 heavy (non-hydrogen) atoms. The van der Waals surface area contributed by atoms with Crippen molar-refractivity contribution in [3.8, 4) is 0 Å². The Labute approximate surface area is 136 Å². The lowest BCUT2D eigenvalue weighted by atomic mass is 10.0. The molecule has 0 radical (unpaired) electrons. The van der Waals surface area contributed by atoms with E-state index in [0.29, 0.717) is 6.10 Å². The van der Waals surface area contributed by atoms with Crippen LogP contribution in [0.2, 0.25) is 0 Å². The topological polar surface area (TPSA) is 47.4 Å². The fourth-order valence-corrected chi connectivity index (χ4v) is 3.04. The molecule has 1 amide bonds. The number of rotatable bonds is 5. The van der Waals surface area contributed by atoms with E-state index in [-0.39, 0.29) is 5.91 Å². The summed E-state index contributed by atoms with van der Waals surface area (Å²) in [4.78, 5) is 18.7. The molecule has 0 saturated carbocycles. The van der Waals surface area contributed by atoms with E-state index in [0.717, 1.165) is 50.2 Å². The SMILES string of the molecule is CCOC1CCN(C(=O)c2cccc(Cn3ccnc3)c2)CC1. The number of carbonyl (C=O) groups excluding carboxylic acids is 1. The van der Waals surface area contributed by atoms with Crippen LogP contribution in [-0.4, -0.2) is 46.2 Å². The minimum Gasteiger partial charge on any atom is -0.378 e. The highest BCUT2D eigenvalue weighted by Crippen LogP contribution is 2.17. The van der Waals surface area contributed by atoms with Crippen LogP contribution in [0.5, 0.6) is 0 Å². The molecule has 0 unspecified atom stereocenters. The first-order chi connectivity index (χ1) is 11.3. The summed E-state index contributed by atoms with van der Waals surface area (Å²) in [6.07, 6.45) is 7.62. The minimum absolute atomic E-state index is 0.118. The lowest BCUT2D eigenvalue weighted by Crippen LogP contribution is -2.40. The van der Waals surface area contributed by atoms with Gasteiger partial charge in [0.1, 0.15) is 0 Å². The van der Waals surface area contributed by atoms with Gasteiger partial charge in [-0.05, 0) is 37.5 Å². The largest absolute Gasteiger partial charge is 0.378 e. The highest BCUT2D eigenvalue weighted by atomic mass is 16.5. The maximum absolute atomic E-state index is 12.7. The van der Waals surface area contributed by atoms with Gasteiger partial charge in [-0.25, -0.2) is 4.98 Å². The fraction of sp³-hybridized carbons (Fsp3) is 0.444. The van der Waals surface area contributed by atoms with Gasteiger partial charge in [0, 0.05) is 44.2 Å². The number of aromatic nitrogens is 2. The standard InChI is InChI=1S/C18H23N3O2/c1-2-23-17-6-9-21(10-7-17)18(22)16-5-3-4-15(12-16)13-20-11-8-19-14-20/h3-5,8,11-12,14,17H,2,6-7,9-10,13H2,1H3. The normalized spacial score (nSPS) is 15.8. The molecule has 1 aromatic carbocycles. The summed E-state index contributed by atoms with van der Waals surface area (Å²) in [5, 5.41) is 0. The van der Waals surface area contributed by atoms with Crippen molar-refractivity contribution in [2.24, 2.45) is 0 Å². The van der Waals surface area contributed by atoms with Gasteiger partial charge in [-0.1, -0.05) is 12.1 Å². The second-order valence-corrected chi connectivity index (χ2v) is 5.88. The molecule has 1 saturated heterocycles. The number of amides is 1. The van der Waals surface area contributed by atoms with Gasteiger partial charge in [0.05, 0.1) is 12.4 Å². The summed E-state index contributed by atoms with van der Waals surface area (Å²) < 4.78 is 7.64. The summed E-state index contributed by atoms with van der Waals surface area (Å²) in [6, 6.07) is 7.87. The molecule has 5 nitrogen and oxygen atoms in total. The third-order valence-electron chi connectivity index (χ3n) is 4.23. The van der Waals surface area contributed by atoms with Gasteiger partial charge in [-0.2, -0.15) is 0 Å². The molecule has 3 rings (SSSR count). The van der Waals surface area contributed by atoms with E-state index in [4.69, 9.17) is 4.74 Å². The molecule has 122 valence electrons. The summed E-state index contributed by atoms with van der Waals surface area (Å²) in [5.74, 6) is 0.118. The van der Waals surface area contributed by atoms with Crippen molar-refractivity contribution in [1.29, 1.82) is 0 Å². The molecule has 2 aromatic rings. The Bertz CT molecular complexity index is 631. The molecular weight excluding hydrogens is 290 g/mol. The minimum atomic E-state index is 0.118. The Morgan fingerprint density at radius 2 is 2.17 bits per heavy atom. The number of ether oxygens (including phenoxy) is 1. The zero-order valence-corrected chi connectivity index (χ0v) is 13.5. The van der Waals surface area contributed by atoms with Crippen LogP contribution in [0.25, 0.3) is 0 Å². The first-order valence-electron chi connectivity index (χ1n) is 8.22. The van der Waals surface area contributed by atoms with Crippen LogP contribution in [0.3, 0.4) is 0 Å². The molecule has 1 fully saturated rings. The van der Waals surface area contributed by atoms with Gasteiger partial charge in [-0.15, -0.1) is 0 Å². The number of nitrogens with zero attached hydrogens (tertiary/aromatic N) is 3. The van der Waals surface area contributed by atoms with Crippen molar-refractivity contribution in [1.82, 2.24) is 14.5 Å². The number of benzene rings is 1. The number of imidazole rings is 1. The van der Waals surface area contributed by atoms with Crippen molar-refractivity contribution in [3.63, 3.8) is 0 Å². The predicted molar refractivity (Wildman–Crippen MR) is 88.3 cm³/mol. The molecule has 0 aliphatic carbocycles. The van der Waals surface area contributed by atoms with Crippen molar-refractivity contribution >= 4 is 5.91 Å². The molecule has 1 aromatic heterocycles. The van der Waals surface area contributed by atoms with Crippen molar-refractivity contribution in [2.45, 2.75) is 32.4 Å². The molecule has 0 bridgehead atoms. The number of likely N-dealkylation sites (tertiary alicyclic amines) is 1. The summed E-state index contributed by atoms with van der Waals surface area (Å²) in [7, 11) is 0.